The average molecular weight is 594 g/mol. The Morgan fingerprint density at radius 3 is 2.26 bits per heavy atom. The van der Waals surface area contributed by atoms with Crippen LogP contribution in [-0.2, 0) is 9.59 Å². The van der Waals surface area contributed by atoms with Gasteiger partial charge in [0.05, 0.1) is 5.25 Å². The van der Waals surface area contributed by atoms with E-state index in [0.717, 1.165) is 16.0 Å². The molecule has 0 fully saturated rings. The van der Waals surface area contributed by atoms with Crippen LogP contribution in [0.5, 0.6) is 11.5 Å². The number of fused-ring (bicyclic) bond motifs is 1. The van der Waals surface area contributed by atoms with E-state index in [1.54, 1.807) is 60.7 Å². The second kappa shape index (κ2) is 13.8. The first-order chi connectivity index (χ1) is 20.8. The Kier molecular flexibility index (Phi) is 9.43. The Balaban J connectivity index is 1.22. The van der Waals surface area contributed by atoms with Crippen LogP contribution in [0.3, 0.4) is 0 Å². The fraction of sp³-hybridized carbons (Fsp3) is 0.147. The van der Waals surface area contributed by atoms with Crippen molar-refractivity contribution in [3.05, 3.63) is 119 Å². The Labute approximate surface area is 254 Å². The SMILES string of the molecule is Cc1cccc(/C=C(\NC(=O)c2ccccc2)C(=O)Nc2ccc(SC(C)C(=O)Nc3ccc4c(c3)OCCO4)cc2)c1. The molecule has 1 aliphatic heterocycles. The summed E-state index contributed by atoms with van der Waals surface area (Å²) in [6, 6.07) is 28.9. The number of amides is 3. The number of hydrogen-bond acceptors (Lipinski definition) is 6. The molecule has 1 atom stereocenters. The lowest BCUT2D eigenvalue weighted by Crippen LogP contribution is -2.30. The monoisotopic (exact) mass is 593 g/mol. The molecule has 0 radical (unpaired) electrons. The van der Waals surface area contributed by atoms with Crippen LogP contribution >= 0.6 is 11.8 Å². The van der Waals surface area contributed by atoms with E-state index in [-0.39, 0.29) is 22.8 Å². The number of carbonyl (C=O) groups excluding carboxylic acids is 3. The molecule has 0 saturated carbocycles. The molecule has 0 aromatic heterocycles. The molecule has 0 aliphatic carbocycles. The Hall–Kier alpha value is -5.02. The third-order valence-electron chi connectivity index (χ3n) is 6.49. The number of aryl methyl sites for hydroxylation is 1. The number of thioether (sulfide) groups is 1. The van der Waals surface area contributed by atoms with Gasteiger partial charge in [0.2, 0.25) is 5.91 Å². The van der Waals surface area contributed by atoms with Crippen LogP contribution < -0.4 is 25.4 Å². The molecule has 3 N–H and O–H groups in total. The minimum atomic E-state index is -0.460. The molecular weight excluding hydrogens is 562 g/mol. The predicted molar refractivity (Wildman–Crippen MR) is 170 cm³/mol. The minimum Gasteiger partial charge on any atom is -0.486 e. The highest BCUT2D eigenvalue weighted by atomic mass is 32.2. The van der Waals surface area contributed by atoms with E-state index < -0.39 is 5.91 Å². The molecular formula is C34H31N3O5S. The molecule has 4 aromatic rings. The molecule has 0 spiro atoms. The summed E-state index contributed by atoms with van der Waals surface area (Å²) in [5.41, 5.74) is 3.56. The molecule has 43 heavy (non-hydrogen) atoms. The summed E-state index contributed by atoms with van der Waals surface area (Å²) in [4.78, 5) is 39.9. The van der Waals surface area contributed by atoms with Crippen molar-refractivity contribution in [2.75, 3.05) is 23.8 Å². The van der Waals surface area contributed by atoms with Gasteiger partial charge in [0.25, 0.3) is 11.8 Å². The first-order valence-corrected chi connectivity index (χ1v) is 14.7. The van der Waals surface area contributed by atoms with E-state index in [9.17, 15) is 14.4 Å². The number of rotatable bonds is 9. The third-order valence-corrected chi connectivity index (χ3v) is 7.60. The highest BCUT2D eigenvalue weighted by Crippen LogP contribution is 2.33. The van der Waals surface area contributed by atoms with Crippen molar-refractivity contribution in [3.63, 3.8) is 0 Å². The second-order valence-corrected chi connectivity index (χ2v) is 11.3. The first-order valence-electron chi connectivity index (χ1n) is 13.8. The molecule has 218 valence electrons. The zero-order chi connectivity index (χ0) is 30.2. The summed E-state index contributed by atoms with van der Waals surface area (Å²) in [5.74, 6) is 0.274. The summed E-state index contributed by atoms with van der Waals surface area (Å²) in [6.45, 7) is 4.76. The summed E-state index contributed by atoms with van der Waals surface area (Å²) >= 11 is 1.39. The van der Waals surface area contributed by atoms with Gasteiger partial charge in [0, 0.05) is 27.9 Å². The van der Waals surface area contributed by atoms with Gasteiger partial charge >= 0.3 is 0 Å². The van der Waals surface area contributed by atoms with Crippen LogP contribution in [-0.4, -0.2) is 36.2 Å². The highest BCUT2D eigenvalue weighted by molar-refractivity contribution is 8.00. The van der Waals surface area contributed by atoms with Crippen LogP contribution in [0.2, 0.25) is 0 Å². The van der Waals surface area contributed by atoms with Gasteiger partial charge in [-0.2, -0.15) is 0 Å². The van der Waals surface area contributed by atoms with Gasteiger partial charge in [-0.3, -0.25) is 14.4 Å². The maximum Gasteiger partial charge on any atom is 0.272 e. The van der Waals surface area contributed by atoms with Crippen molar-refractivity contribution >= 4 is 46.9 Å². The van der Waals surface area contributed by atoms with Gasteiger partial charge in [-0.1, -0.05) is 48.0 Å². The van der Waals surface area contributed by atoms with Crippen molar-refractivity contribution in [2.45, 2.75) is 24.0 Å². The van der Waals surface area contributed by atoms with Gasteiger partial charge in [0.1, 0.15) is 18.9 Å². The molecule has 8 nitrogen and oxygen atoms in total. The molecule has 1 unspecified atom stereocenters. The molecule has 1 heterocycles. The topological polar surface area (TPSA) is 106 Å². The maximum absolute atomic E-state index is 13.3. The van der Waals surface area contributed by atoms with E-state index in [1.807, 2.05) is 56.3 Å². The van der Waals surface area contributed by atoms with Gasteiger partial charge in [0.15, 0.2) is 11.5 Å². The van der Waals surface area contributed by atoms with Crippen molar-refractivity contribution in [1.29, 1.82) is 0 Å². The van der Waals surface area contributed by atoms with Crippen molar-refractivity contribution < 1.29 is 23.9 Å². The predicted octanol–water partition coefficient (Wildman–Crippen LogP) is 6.30. The highest BCUT2D eigenvalue weighted by Gasteiger charge is 2.18. The molecule has 5 rings (SSSR count). The Morgan fingerprint density at radius 1 is 0.791 bits per heavy atom. The first kappa shape index (κ1) is 29.5. The van der Waals surface area contributed by atoms with Crippen LogP contribution in [0.15, 0.2) is 108 Å². The molecule has 0 bridgehead atoms. The number of nitrogens with one attached hydrogen (secondary N) is 3. The summed E-state index contributed by atoms with van der Waals surface area (Å²) in [7, 11) is 0. The molecule has 9 heteroatoms. The third kappa shape index (κ3) is 8.05. The minimum absolute atomic E-state index is 0.113. The summed E-state index contributed by atoms with van der Waals surface area (Å²) in [6.07, 6.45) is 1.65. The summed E-state index contributed by atoms with van der Waals surface area (Å²) in [5, 5.41) is 8.15. The zero-order valence-electron chi connectivity index (χ0n) is 23.8. The van der Waals surface area contributed by atoms with Crippen LogP contribution in [0.25, 0.3) is 6.08 Å². The van der Waals surface area contributed by atoms with E-state index in [1.165, 1.54) is 11.8 Å². The van der Waals surface area contributed by atoms with E-state index in [4.69, 9.17) is 9.47 Å². The largest absolute Gasteiger partial charge is 0.486 e. The van der Waals surface area contributed by atoms with Crippen LogP contribution in [0.1, 0.15) is 28.4 Å². The molecule has 1 aliphatic rings. The molecule has 3 amide bonds. The lowest BCUT2D eigenvalue weighted by molar-refractivity contribution is -0.115. The van der Waals surface area contributed by atoms with Crippen LogP contribution in [0.4, 0.5) is 11.4 Å². The van der Waals surface area contributed by atoms with Crippen LogP contribution in [0, 0.1) is 6.92 Å². The molecule has 0 saturated heterocycles. The van der Waals surface area contributed by atoms with E-state index in [0.29, 0.717) is 41.7 Å². The second-order valence-electron chi connectivity index (χ2n) is 9.88. The van der Waals surface area contributed by atoms with Gasteiger partial charge < -0.3 is 25.4 Å². The standard InChI is InChI=1S/C34H31N3O5S/c1-22-7-6-8-24(19-22)20-29(37-33(39)25-9-4-3-5-10-25)34(40)35-26-11-14-28(15-12-26)43-23(2)32(38)36-27-13-16-30-31(21-27)42-18-17-41-30/h3-16,19-21,23H,17-18H2,1-2H3,(H,35,40)(H,36,38)(H,37,39)/b29-20-. The fourth-order valence-corrected chi connectivity index (χ4v) is 5.17. The van der Waals surface area contributed by atoms with Crippen molar-refractivity contribution in [2.24, 2.45) is 0 Å². The van der Waals surface area contributed by atoms with Crippen molar-refractivity contribution in [3.8, 4) is 11.5 Å². The summed E-state index contributed by atoms with van der Waals surface area (Å²) < 4.78 is 11.1. The van der Waals surface area contributed by atoms with Gasteiger partial charge in [-0.25, -0.2) is 0 Å². The van der Waals surface area contributed by atoms with Crippen molar-refractivity contribution in [1.82, 2.24) is 5.32 Å². The number of ether oxygens (including phenoxy) is 2. The lowest BCUT2D eigenvalue weighted by atomic mass is 10.1. The lowest BCUT2D eigenvalue weighted by Gasteiger charge is -2.19. The average Bonchev–Trinajstić information content (AvgIpc) is 3.02. The zero-order valence-corrected chi connectivity index (χ0v) is 24.6. The number of benzene rings is 4. The maximum atomic E-state index is 13.3. The number of anilines is 2. The van der Waals surface area contributed by atoms with Gasteiger partial charge in [-0.05, 0) is 74.0 Å². The normalized spacial score (nSPS) is 13.0. The smallest absolute Gasteiger partial charge is 0.272 e. The Bertz CT molecular complexity index is 1650. The fourth-order valence-electron chi connectivity index (χ4n) is 4.31. The van der Waals surface area contributed by atoms with Gasteiger partial charge in [-0.15, -0.1) is 11.8 Å². The Morgan fingerprint density at radius 2 is 1.51 bits per heavy atom. The van der Waals surface area contributed by atoms with E-state index >= 15 is 0 Å². The molecule has 4 aromatic carbocycles. The van der Waals surface area contributed by atoms with E-state index in [2.05, 4.69) is 16.0 Å². The quantitative estimate of drug-likeness (QED) is 0.156. The number of hydrogen-bond donors (Lipinski definition) is 3. The number of carbonyl (C=O) groups is 3.